The fourth-order valence-corrected chi connectivity index (χ4v) is 9.57. The molecule has 2 unspecified atom stereocenters. The molecule has 0 N–H and O–H groups in total. The molecule has 0 saturated heterocycles. The van der Waals surface area contributed by atoms with Crippen molar-refractivity contribution in [3.63, 3.8) is 0 Å². The monoisotopic (exact) mass is 750 g/mol. The van der Waals surface area contributed by atoms with E-state index >= 15 is 0 Å². The molecule has 5 heteroatoms. The Morgan fingerprint density at radius 2 is 1.30 bits per heavy atom. The number of hydrogen-bond donors (Lipinski definition) is 0. The summed E-state index contributed by atoms with van der Waals surface area (Å²) in [5, 5.41) is 0.445. The van der Waals surface area contributed by atoms with E-state index in [9.17, 15) is 19.2 Å². The third-order valence-corrected chi connectivity index (χ3v) is 13.2. The fourth-order valence-electron chi connectivity index (χ4n) is 7.29. The van der Waals surface area contributed by atoms with E-state index in [0.717, 1.165) is 11.3 Å². The van der Waals surface area contributed by atoms with E-state index in [1.807, 2.05) is 40.4 Å². The van der Waals surface area contributed by atoms with Gasteiger partial charge >= 0.3 is 0 Å². The summed E-state index contributed by atoms with van der Waals surface area (Å²) in [7, 11) is -2.73. The van der Waals surface area contributed by atoms with Crippen LogP contribution < -0.4 is 20.0 Å². The van der Waals surface area contributed by atoms with Crippen LogP contribution in [-0.4, -0.2) is 20.8 Å². The molecule has 0 bridgehead atoms. The summed E-state index contributed by atoms with van der Waals surface area (Å²) < 4.78 is 163. The molecule has 0 fully saturated rings. The lowest BCUT2D eigenvalue weighted by Gasteiger charge is -2.50. The maximum absolute atomic E-state index is 10.2. The molecule has 0 radical (unpaired) electrons. The molecule has 2 aliphatic heterocycles. The summed E-state index contributed by atoms with van der Waals surface area (Å²) in [4.78, 5) is 2.85. The molecule has 0 spiro atoms. The molecule has 5 aromatic rings. The summed E-state index contributed by atoms with van der Waals surface area (Å²) in [6.07, 6.45) is 0. The molecule has 2 nitrogen and oxygen atoms in total. The van der Waals surface area contributed by atoms with Crippen molar-refractivity contribution in [2.75, 3.05) is 9.80 Å². The molecule has 8 rings (SSSR count). The van der Waals surface area contributed by atoms with Crippen LogP contribution in [0.2, 0.25) is 25.5 Å². The molecule has 3 aliphatic rings. The summed E-state index contributed by atoms with van der Waals surface area (Å²) in [6, 6.07) is -3.08. The van der Waals surface area contributed by atoms with E-state index in [1.165, 1.54) is 21.9 Å². The first-order chi connectivity index (χ1) is 31.8. The molecule has 0 amide bonds. The minimum absolute atomic E-state index is 0.000765. The zero-order valence-corrected chi connectivity index (χ0v) is 34.5. The molecule has 1 aromatic heterocycles. The van der Waals surface area contributed by atoms with Gasteiger partial charge in [-0.2, -0.15) is 0 Å². The molecule has 0 saturated carbocycles. The Hall–Kier alpha value is -3.80. The largest absolute Gasteiger partial charge is 0.335 e. The first kappa shape index (κ1) is 21.3. The molecular weight excluding hydrogens is 676 g/mol. The van der Waals surface area contributed by atoms with Gasteiger partial charge in [0, 0.05) is 41.7 Å². The van der Waals surface area contributed by atoms with Crippen molar-refractivity contribution < 1.29 is 23.3 Å². The Kier molecular flexibility index (Phi) is 4.87. The highest BCUT2D eigenvalue weighted by molar-refractivity contribution is 7.32. The van der Waals surface area contributed by atoms with Gasteiger partial charge in [-0.1, -0.05) is 136 Å². The lowest BCUT2D eigenvalue weighted by atomic mass is 9.31. The number of benzene rings is 4. The predicted molar refractivity (Wildman–Crippen MR) is 239 cm³/mol. The van der Waals surface area contributed by atoms with Crippen molar-refractivity contribution in [3.05, 3.63) is 124 Å². The number of hydrogen-bond acceptors (Lipinski definition) is 3. The van der Waals surface area contributed by atoms with Crippen molar-refractivity contribution in [2.24, 2.45) is 0 Å². The highest BCUT2D eigenvalue weighted by atomic mass is 32.1. The van der Waals surface area contributed by atoms with Crippen molar-refractivity contribution in [2.45, 2.75) is 117 Å². The van der Waals surface area contributed by atoms with Gasteiger partial charge in [-0.3, -0.25) is 0 Å². The molecular formula is C48H57BN2SSi. The molecule has 2 atom stereocenters. The third kappa shape index (κ3) is 6.07. The Morgan fingerprint density at radius 1 is 0.736 bits per heavy atom. The Morgan fingerprint density at radius 3 is 1.87 bits per heavy atom. The van der Waals surface area contributed by atoms with Crippen LogP contribution in [0, 0.1) is 6.85 Å². The van der Waals surface area contributed by atoms with Crippen LogP contribution in [-0.2, 0) is 16.2 Å². The molecule has 53 heavy (non-hydrogen) atoms. The zero-order chi connectivity index (χ0) is 52.7. The van der Waals surface area contributed by atoms with Gasteiger partial charge in [-0.25, -0.2) is 0 Å². The topological polar surface area (TPSA) is 6.48 Å². The second-order valence-corrected chi connectivity index (χ2v) is 24.6. The van der Waals surface area contributed by atoms with Crippen molar-refractivity contribution in [1.82, 2.24) is 0 Å². The van der Waals surface area contributed by atoms with Crippen molar-refractivity contribution in [3.8, 4) is 0 Å². The maximum atomic E-state index is 10.2. The summed E-state index contributed by atoms with van der Waals surface area (Å²) in [5.74, 6) is -1.24. The molecule has 1 aliphatic carbocycles. The minimum Gasteiger partial charge on any atom is -0.335 e. The fraction of sp³-hybridized carbons (Fsp3) is 0.375. The van der Waals surface area contributed by atoms with E-state index < -0.39 is 73.9 Å². The van der Waals surface area contributed by atoms with Crippen LogP contribution in [0.1, 0.15) is 108 Å². The minimum atomic E-state index is -2.90. The van der Waals surface area contributed by atoms with Gasteiger partial charge in [0.25, 0.3) is 0 Å². The number of aryl methyl sites for hydroxylation is 1. The second-order valence-electron chi connectivity index (χ2n) is 18.6. The summed E-state index contributed by atoms with van der Waals surface area (Å²) >= 11 is 1.04. The normalized spacial score (nSPS) is 23.9. The Labute approximate surface area is 348 Å². The highest BCUT2D eigenvalue weighted by Crippen LogP contribution is 2.52. The van der Waals surface area contributed by atoms with Crippen LogP contribution in [0.15, 0.2) is 102 Å². The van der Waals surface area contributed by atoms with Crippen LogP contribution >= 0.6 is 11.3 Å². The van der Waals surface area contributed by atoms with Crippen LogP contribution in [0.4, 0.5) is 28.4 Å². The quantitative estimate of drug-likeness (QED) is 0.170. The van der Waals surface area contributed by atoms with Gasteiger partial charge in [-0.15, -0.1) is 11.3 Å². The smallest absolute Gasteiger partial charge is 0.239 e. The molecule has 3 heterocycles. The molecule has 272 valence electrons. The van der Waals surface area contributed by atoms with Gasteiger partial charge in [0.1, 0.15) is 0 Å². The average Bonchev–Trinajstić information content (AvgIpc) is 3.60. The van der Waals surface area contributed by atoms with E-state index in [2.05, 4.69) is 0 Å². The zero-order valence-electron chi connectivity index (χ0n) is 49.7. The van der Waals surface area contributed by atoms with Gasteiger partial charge in [0.05, 0.1) is 39.0 Å². The SMILES string of the molecule is [2H]C1=C([2H])C2B3c4sc5c([2H])c([2H])c(C(C)(C)C)c([2H])c5c4N(c4c([2H])c([2H])c(C(C)(C)C)c([2H])c4[2H])c4cc(C([2H])([2H])[2H])cc(c43)N(c3c([2H])c([2H])c(C(C)(C)C)c([2H])c3[2H])C2C([2H])=C1[Si](C)(C)C. The van der Waals surface area contributed by atoms with Crippen molar-refractivity contribution in [1.29, 1.82) is 0 Å². The van der Waals surface area contributed by atoms with E-state index in [0.29, 0.717) is 9.97 Å². The number of thiophene rings is 1. The first-order valence-electron chi connectivity index (χ1n) is 26.8. The van der Waals surface area contributed by atoms with Gasteiger partial charge < -0.3 is 9.80 Å². The van der Waals surface area contributed by atoms with Crippen molar-refractivity contribution >= 4 is 74.9 Å². The number of anilines is 5. The van der Waals surface area contributed by atoms with E-state index in [1.54, 1.807) is 41.5 Å². The van der Waals surface area contributed by atoms with E-state index in [-0.39, 0.29) is 127 Å². The standard InChI is InChI=1S/C48H57BN2SSi/c1-30-26-40-43-41(27-30)51(35-21-16-32(17-22-35)47(5,6)7)44-37-28-33(48(8,9)10)18-25-42(37)52-45(44)49(43)38-24-23-36(53(11,12)13)29-39(38)50(40)34-19-14-31(15-20-34)46(2,3)4/h14-29,38-39H,1-13H3/i1D3,14D,15D,16D,17D,18D,19D,20D,21D,22D,23D,24D,25D,28D,29D. The second kappa shape index (κ2) is 12.1. The number of rotatable bonds is 3. The summed E-state index contributed by atoms with van der Waals surface area (Å²) in [6.45, 7) is 17.8. The number of fused-ring (bicyclic) bond motifs is 6. The van der Waals surface area contributed by atoms with E-state index in [4.69, 9.17) is 4.11 Å². The van der Waals surface area contributed by atoms with Gasteiger partial charge in [-0.05, 0) is 105 Å². The Bertz CT molecular complexity index is 3160. The van der Waals surface area contributed by atoms with Crippen LogP contribution in [0.3, 0.4) is 0 Å². The van der Waals surface area contributed by atoms with Crippen LogP contribution in [0.25, 0.3) is 10.1 Å². The number of allylic oxidation sites excluding steroid dienone is 2. The predicted octanol–water partition coefficient (Wildman–Crippen LogP) is 12.8. The number of nitrogens with zero attached hydrogens (tertiary/aromatic N) is 2. The Balaban J connectivity index is 1.70. The lowest BCUT2D eigenvalue weighted by Crippen LogP contribution is -2.61. The average molecular weight is 750 g/mol. The summed E-state index contributed by atoms with van der Waals surface area (Å²) in [5.41, 5.74) is -2.64. The van der Waals surface area contributed by atoms with Gasteiger partial charge in [0.15, 0.2) is 0 Å². The maximum Gasteiger partial charge on any atom is 0.239 e. The lowest BCUT2D eigenvalue weighted by molar-refractivity contribution is 0.590. The van der Waals surface area contributed by atoms with Gasteiger partial charge in [0.2, 0.25) is 6.71 Å². The molecule has 4 aromatic carbocycles. The third-order valence-electron chi connectivity index (χ3n) is 10.2. The van der Waals surface area contributed by atoms with Crippen LogP contribution in [0.5, 0.6) is 0 Å². The first-order valence-corrected chi connectivity index (χ1v) is 22.6. The highest BCUT2D eigenvalue weighted by Gasteiger charge is 2.51.